The van der Waals surface area contributed by atoms with Crippen LogP contribution in [0.1, 0.15) is 38.8 Å². The quantitative estimate of drug-likeness (QED) is 0.0411. The number of anilines is 3. The summed E-state index contributed by atoms with van der Waals surface area (Å²) in [6.07, 6.45) is 0. The SMILES string of the molecule is COc1cc(N=Nc2cc(NC(C)=O)c(N=Nc3ccc(C(=O)O)cc3)cc2S(=O)(=O)O)c(C)cc1N=Nc1ccc(NC(=O)c2ccc(N)cc2)cc1C.[Na+]. The van der Waals surface area contributed by atoms with Gasteiger partial charge in [-0.05, 0) is 110 Å². The summed E-state index contributed by atoms with van der Waals surface area (Å²) < 4.78 is 40.5. The molecule has 0 atom stereocenters. The van der Waals surface area contributed by atoms with E-state index in [0.717, 1.165) is 17.7 Å². The number of nitrogens with two attached hydrogens (primary N) is 1. The predicted octanol–water partition coefficient (Wildman–Crippen LogP) is 6.30. The molecule has 6 N–H and O–H groups in total. The Hall–Kier alpha value is -6.18. The molecule has 5 aromatic rings. The Morgan fingerprint density at radius 1 is 0.679 bits per heavy atom. The van der Waals surface area contributed by atoms with Gasteiger partial charge in [-0.3, -0.25) is 14.1 Å². The standard InChI is InChI=1S/C37H33N9O8S.Na/c1-20-15-27(40-36(48)23-5-9-25(38)10-6-23)13-14-28(20)42-45-32-16-21(2)29(18-34(32)54-4)43-46-33-17-30(39-22(3)47)31(19-35(33)55(51,52)53)44-41-26-11-7-24(8-12-26)37(49)50;/h5-19H,38H2,1-4H3,(H,39,47)(H,40,48)(H,49,50)(H,51,52,53);/q;+1. The number of aryl methyl sites for hydroxylation is 2. The Kier molecular flexibility index (Phi) is 14.0. The molecule has 0 unspecified atom stereocenters. The molecule has 0 saturated carbocycles. The molecule has 0 spiro atoms. The van der Waals surface area contributed by atoms with Crippen molar-refractivity contribution in [3.63, 3.8) is 0 Å². The Bertz CT molecular complexity index is 2510. The van der Waals surface area contributed by atoms with Crippen molar-refractivity contribution >= 4 is 79.1 Å². The Morgan fingerprint density at radius 3 is 1.88 bits per heavy atom. The number of carbonyl (C=O) groups excluding carboxylic acids is 2. The number of hydrogen-bond donors (Lipinski definition) is 5. The number of rotatable bonds is 12. The number of nitrogens with zero attached hydrogens (tertiary/aromatic N) is 6. The van der Waals surface area contributed by atoms with Crippen molar-refractivity contribution < 1.29 is 66.8 Å². The molecule has 17 nitrogen and oxygen atoms in total. The zero-order chi connectivity index (χ0) is 39.9. The van der Waals surface area contributed by atoms with E-state index in [1.807, 2.05) is 6.92 Å². The van der Waals surface area contributed by atoms with Crippen LogP contribution in [0.3, 0.4) is 0 Å². The van der Waals surface area contributed by atoms with E-state index < -0.39 is 26.9 Å². The van der Waals surface area contributed by atoms with Gasteiger partial charge in [0.05, 0.1) is 35.4 Å². The van der Waals surface area contributed by atoms with Crippen LogP contribution >= 0.6 is 0 Å². The topological polar surface area (TPSA) is 259 Å². The number of carbonyl (C=O) groups is 3. The summed E-state index contributed by atoms with van der Waals surface area (Å²) in [5.41, 5.74) is 9.44. The van der Waals surface area contributed by atoms with Crippen LogP contribution in [0.15, 0.2) is 127 Å². The largest absolute Gasteiger partial charge is 1.00 e. The van der Waals surface area contributed by atoms with Gasteiger partial charge in [-0.15, -0.1) is 15.3 Å². The van der Waals surface area contributed by atoms with Crippen molar-refractivity contribution in [3.05, 3.63) is 113 Å². The van der Waals surface area contributed by atoms with E-state index in [1.54, 1.807) is 55.5 Å². The molecule has 56 heavy (non-hydrogen) atoms. The van der Waals surface area contributed by atoms with Crippen LogP contribution in [-0.4, -0.2) is 43.0 Å². The van der Waals surface area contributed by atoms with Crippen molar-refractivity contribution in [3.8, 4) is 5.75 Å². The van der Waals surface area contributed by atoms with Crippen molar-refractivity contribution in [2.45, 2.75) is 25.7 Å². The number of nitrogen functional groups attached to an aromatic ring is 1. The summed E-state index contributed by atoms with van der Waals surface area (Å²) >= 11 is 0. The minimum atomic E-state index is -4.90. The van der Waals surface area contributed by atoms with Gasteiger partial charge in [0.2, 0.25) is 5.91 Å². The van der Waals surface area contributed by atoms with Gasteiger partial charge in [-0.1, -0.05) is 0 Å². The molecule has 5 rings (SSSR count). The number of methoxy groups -OCH3 is 1. The summed E-state index contributed by atoms with van der Waals surface area (Å²) in [5.74, 6) is -1.70. The molecule has 280 valence electrons. The number of amides is 2. The van der Waals surface area contributed by atoms with Crippen LogP contribution in [0.2, 0.25) is 0 Å². The Morgan fingerprint density at radius 2 is 1.27 bits per heavy atom. The number of carboxylic acid groups (broad SMARTS) is 1. The second-order valence-corrected chi connectivity index (χ2v) is 13.2. The molecule has 0 saturated heterocycles. The van der Waals surface area contributed by atoms with Crippen molar-refractivity contribution in [1.29, 1.82) is 0 Å². The van der Waals surface area contributed by atoms with Gasteiger partial charge in [0, 0.05) is 29.9 Å². The van der Waals surface area contributed by atoms with E-state index in [4.69, 9.17) is 15.6 Å². The van der Waals surface area contributed by atoms with E-state index in [2.05, 4.69) is 41.3 Å². The van der Waals surface area contributed by atoms with Gasteiger partial charge in [-0.2, -0.15) is 23.8 Å². The van der Waals surface area contributed by atoms with Crippen LogP contribution in [-0.2, 0) is 14.9 Å². The number of aromatic carboxylic acids is 1. The van der Waals surface area contributed by atoms with Crippen LogP contribution in [0, 0.1) is 13.8 Å². The molecule has 0 aliphatic heterocycles. The third-order valence-electron chi connectivity index (χ3n) is 7.71. The van der Waals surface area contributed by atoms with Crippen molar-refractivity contribution in [1.82, 2.24) is 0 Å². The maximum Gasteiger partial charge on any atom is 1.00 e. The average molecular weight is 787 g/mol. The van der Waals surface area contributed by atoms with Gasteiger partial charge in [-0.25, -0.2) is 4.79 Å². The monoisotopic (exact) mass is 786 g/mol. The average Bonchev–Trinajstić information content (AvgIpc) is 3.13. The Labute approximate surface area is 342 Å². The maximum absolute atomic E-state index is 12.6. The van der Waals surface area contributed by atoms with Gasteiger partial charge < -0.3 is 26.2 Å². The molecule has 5 aromatic carbocycles. The van der Waals surface area contributed by atoms with E-state index in [0.29, 0.717) is 33.9 Å². The van der Waals surface area contributed by atoms with Crippen molar-refractivity contribution in [2.24, 2.45) is 30.7 Å². The molecule has 0 radical (unpaired) electrons. The number of nitrogens with one attached hydrogen (secondary N) is 2. The molecule has 0 aromatic heterocycles. The van der Waals surface area contributed by atoms with Crippen LogP contribution in [0.25, 0.3) is 0 Å². The summed E-state index contributed by atoms with van der Waals surface area (Å²) in [5, 5.41) is 39.5. The number of azo groups is 3. The van der Waals surface area contributed by atoms with E-state index in [1.165, 1.54) is 44.4 Å². The minimum Gasteiger partial charge on any atom is -0.494 e. The second kappa shape index (κ2) is 18.4. The maximum atomic E-state index is 12.6. The predicted molar refractivity (Wildman–Crippen MR) is 204 cm³/mol. The smallest absolute Gasteiger partial charge is 0.494 e. The first-order valence-electron chi connectivity index (χ1n) is 16.1. The van der Waals surface area contributed by atoms with E-state index in [9.17, 15) is 27.4 Å². The normalized spacial score (nSPS) is 11.4. The first-order valence-corrected chi connectivity index (χ1v) is 17.5. The zero-order valence-corrected chi connectivity index (χ0v) is 33.5. The number of benzene rings is 5. The molecule has 19 heteroatoms. The van der Waals surface area contributed by atoms with Crippen LogP contribution in [0.4, 0.5) is 51.2 Å². The van der Waals surface area contributed by atoms with Crippen molar-refractivity contribution in [2.75, 3.05) is 23.5 Å². The number of carboxylic acids is 1. The molecule has 0 fully saturated rings. The first-order chi connectivity index (χ1) is 26.1. The second-order valence-electron chi connectivity index (χ2n) is 11.8. The van der Waals surface area contributed by atoms with Gasteiger partial charge in [0.25, 0.3) is 16.0 Å². The molecular weight excluding hydrogens is 754 g/mol. The molecule has 0 aliphatic rings. The first kappa shape index (κ1) is 42.6. The molecule has 0 bridgehead atoms. The molecule has 0 heterocycles. The van der Waals surface area contributed by atoms with Gasteiger partial charge in [0.1, 0.15) is 27.7 Å². The van der Waals surface area contributed by atoms with E-state index in [-0.39, 0.29) is 75.2 Å². The minimum absolute atomic E-state index is 0. The molecule has 2 amide bonds. The third kappa shape index (κ3) is 11.0. The summed E-state index contributed by atoms with van der Waals surface area (Å²) in [6, 6.07) is 22.3. The van der Waals surface area contributed by atoms with E-state index >= 15 is 0 Å². The summed E-state index contributed by atoms with van der Waals surface area (Å²) in [4.78, 5) is 35.1. The fourth-order valence-electron chi connectivity index (χ4n) is 4.91. The number of hydrogen-bond acceptors (Lipinski definition) is 13. The van der Waals surface area contributed by atoms with Gasteiger partial charge in [0.15, 0.2) is 0 Å². The summed E-state index contributed by atoms with van der Waals surface area (Å²) in [7, 11) is -3.49. The van der Waals surface area contributed by atoms with Gasteiger partial charge >= 0.3 is 35.5 Å². The Balaban J connectivity index is 0.00000696. The van der Waals surface area contributed by atoms with Crippen LogP contribution < -0.4 is 50.7 Å². The fourth-order valence-corrected chi connectivity index (χ4v) is 5.53. The third-order valence-corrected chi connectivity index (χ3v) is 8.59. The number of ether oxygens (including phenoxy) is 1. The van der Waals surface area contributed by atoms with Crippen LogP contribution in [0.5, 0.6) is 5.75 Å². The molecular formula is C37H33N9NaO8S+. The fraction of sp³-hybridized carbons (Fsp3) is 0.108. The zero-order valence-electron chi connectivity index (χ0n) is 30.7. The molecule has 0 aliphatic carbocycles. The summed E-state index contributed by atoms with van der Waals surface area (Å²) in [6.45, 7) is 4.74.